The van der Waals surface area contributed by atoms with E-state index in [9.17, 15) is 0 Å². The highest BCUT2D eigenvalue weighted by Crippen LogP contribution is 1.58. The van der Waals surface area contributed by atoms with Crippen LogP contribution in [0.15, 0.2) is 0 Å². The zero-order chi connectivity index (χ0) is 3.58. The maximum absolute atomic E-state index is 5.11. The molecule has 0 unspecified atom stereocenters. The second-order valence-electron chi connectivity index (χ2n) is 1.24. The van der Waals surface area contributed by atoms with Crippen LogP contribution in [0.2, 0.25) is 0 Å². The van der Waals surface area contributed by atoms with Gasteiger partial charge in [0.25, 0.3) is 0 Å². The normalized spacial score (nSPS) is 7.20. The minimum absolute atomic E-state index is 0. The van der Waals surface area contributed by atoms with Crippen LogP contribution < -0.4 is 5.73 Å². The average Bonchev–Trinajstić information content (AvgIpc) is 0.811. The molecule has 2 nitrogen and oxygen atoms in total. The van der Waals surface area contributed by atoms with E-state index in [0.717, 1.165) is 0 Å². The molecular formula is C3H11NO. The molecule has 0 aromatic rings. The molecule has 0 atom stereocenters. The van der Waals surface area contributed by atoms with Crippen LogP contribution in [0, 0.1) is 0 Å². The summed E-state index contributed by atoms with van der Waals surface area (Å²) in [6.45, 7) is 3.89. The van der Waals surface area contributed by atoms with Gasteiger partial charge >= 0.3 is 0 Å². The number of hydrogen-bond donors (Lipinski definition) is 1. The molecule has 0 aromatic carbocycles. The van der Waals surface area contributed by atoms with Gasteiger partial charge in [0.15, 0.2) is 0 Å². The van der Waals surface area contributed by atoms with Crippen molar-refractivity contribution in [3.63, 3.8) is 0 Å². The Hall–Kier alpha value is -0.0800. The summed E-state index contributed by atoms with van der Waals surface area (Å²) in [5, 5.41) is 0. The highest BCUT2D eigenvalue weighted by atomic mass is 16.0. The van der Waals surface area contributed by atoms with Crippen molar-refractivity contribution in [1.82, 2.24) is 0 Å². The summed E-state index contributed by atoms with van der Waals surface area (Å²) in [4.78, 5) is 0. The van der Waals surface area contributed by atoms with Gasteiger partial charge < -0.3 is 11.2 Å². The number of rotatable bonds is 0. The molecule has 2 heteroatoms. The fraction of sp³-hybridized carbons (Fsp3) is 1.00. The van der Waals surface area contributed by atoms with Crippen LogP contribution in [0.3, 0.4) is 0 Å². The van der Waals surface area contributed by atoms with E-state index in [0.29, 0.717) is 6.04 Å². The second-order valence-corrected chi connectivity index (χ2v) is 1.24. The third-order valence-electron chi connectivity index (χ3n) is 0. The molecule has 0 saturated carbocycles. The van der Waals surface area contributed by atoms with Crippen molar-refractivity contribution in [2.24, 2.45) is 5.73 Å². The summed E-state index contributed by atoms with van der Waals surface area (Å²) in [6.07, 6.45) is 0. The Balaban J connectivity index is 0. The minimum Gasteiger partial charge on any atom is -0.412 e. The third kappa shape index (κ3) is 2260. The lowest BCUT2D eigenvalue weighted by atomic mass is 10.5. The molecule has 0 heterocycles. The molecule has 0 spiro atoms. The highest BCUT2D eigenvalue weighted by Gasteiger charge is 1.67. The van der Waals surface area contributed by atoms with Gasteiger partial charge in [0.2, 0.25) is 0 Å². The van der Waals surface area contributed by atoms with E-state index < -0.39 is 0 Å². The van der Waals surface area contributed by atoms with Crippen LogP contribution in [0.1, 0.15) is 13.8 Å². The summed E-state index contributed by atoms with van der Waals surface area (Å²) < 4.78 is 0. The lowest BCUT2D eigenvalue weighted by Crippen LogP contribution is -2.06. The zero-order valence-electron chi connectivity index (χ0n) is 3.65. The maximum atomic E-state index is 5.11. The number of nitrogens with two attached hydrogens (primary N) is 1. The van der Waals surface area contributed by atoms with E-state index in [1.54, 1.807) is 0 Å². The van der Waals surface area contributed by atoms with E-state index in [2.05, 4.69) is 0 Å². The Kier molecular flexibility index (Phi) is 6.95. The van der Waals surface area contributed by atoms with Crippen LogP contribution in [0.4, 0.5) is 0 Å². The molecule has 0 aliphatic carbocycles. The van der Waals surface area contributed by atoms with Gasteiger partial charge in [-0.05, 0) is 6.04 Å². The Labute approximate surface area is 32.3 Å². The predicted molar refractivity (Wildman–Crippen MR) is 22.9 cm³/mol. The largest absolute Gasteiger partial charge is 0.412 e. The topological polar surface area (TPSA) is 57.5 Å². The van der Waals surface area contributed by atoms with Crippen molar-refractivity contribution >= 4 is 0 Å². The lowest BCUT2D eigenvalue weighted by Gasteiger charge is -1.81. The summed E-state index contributed by atoms with van der Waals surface area (Å²) >= 11 is 0. The standard InChI is InChI=1S/C3H9N.H2O/c1-3(2)4;/h3H,4H2,1-2H3;1H2. The van der Waals surface area contributed by atoms with Crippen LogP contribution in [-0.2, 0) is 0 Å². The first kappa shape index (κ1) is 8.87. The van der Waals surface area contributed by atoms with Crippen LogP contribution in [0.5, 0.6) is 0 Å². The first-order chi connectivity index (χ1) is 1.73. The smallest absolute Gasteiger partial charge is 0.00179 e. The van der Waals surface area contributed by atoms with Gasteiger partial charge in [-0.3, -0.25) is 0 Å². The quantitative estimate of drug-likeness (QED) is 0.417. The fourth-order valence-corrected chi connectivity index (χ4v) is 0. The molecule has 0 radical (unpaired) electrons. The van der Waals surface area contributed by atoms with Gasteiger partial charge in [0.1, 0.15) is 0 Å². The summed E-state index contributed by atoms with van der Waals surface area (Å²) in [7, 11) is 0. The Morgan fingerprint density at radius 1 is 1.40 bits per heavy atom. The van der Waals surface area contributed by atoms with Crippen molar-refractivity contribution < 1.29 is 5.48 Å². The highest BCUT2D eigenvalue weighted by molar-refractivity contribution is 4.32. The van der Waals surface area contributed by atoms with Crippen LogP contribution in [-0.4, -0.2) is 11.5 Å². The van der Waals surface area contributed by atoms with E-state index in [-0.39, 0.29) is 5.48 Å². The van der Waals surface area contributed by atoms with Crippen LogP contribution >= 0.6 is 0 Å². The Morgan fingerprint density at radius 2 is 1.40 bits per heavy atom. The lowest BCUT2D eigenvalue weighted by molar-refractivity contribution is 0.824. The van der Waals surface area contributed by atoms with Gasteiger partial charge in [-0.15, -0.1) is 0 Å². The van der Waals surface area contributed by atoms with Crippen molar-refractivity contribution in [1.29, 1.82) is 0 Å². The zero-order valence-corrected chi connectivity index (χ0v) is 3.65. The molecule has 34 valence electrons. The van der Waals surface area contributed by atoms with Gasteiger partial charge in [-0.2, -0.15) is 0 Å². The molecule has 4 N–H and O–H groups in total. The van der Waals surface area contributed by atoms with Gasteiger partial charge in [0.05, 0.1) is 0 Å². The van der Waals surface area contributed by atoms with E-state index in [1.807, 2.05) is 13.8 Å². The van der Waals surface area contributed by atoms with E-state index >= 15 is 0 Å². The van der Waals surface area contributed by atoms with Gasteiger partial charge in [0, 0.05) is 0 Å². The third-order valence-corrected chi connectivity index (χ3v) is 0. The van der Waals surface area contributed by atoms with Crippen LogP contribution in [0.25, 0.3) is 0 Å². The van der Waals surface area contributed by atoms with Crippen molar-refractivity contribution in [2.75, 3.05) is 0 Å². The Bertz CT molecular complexity index is 11.6. The SMILES string of the molecule is CC(C)N.O. The molecule has 0 aromatic heterocycles. The molecular weight excluding hydrogens is 66.0 g/mol. The van der Waals surface area contributed by atoms with E-state index in [1.165, 1.54) is 0 Å². The fourth-order valence-electron chi connectivity index (χ4n) is 0. The first-order valence-electron chi connectivity index (χ1n) is 1.49. The van der Waals surface area contributed by atoms with Crippen molar-refractivity contribution in [3.05, 3.63) is 0 Å². The minimum atomic E-state index is 0. The summed E-state index contributed by atoms with van der Waals surface area (Å²) in [5.74, 6) is 0. The van der Waals surface area contributed by atoms with Crippen molar-refractivity contribution in [2.45, 2.75) is 19.9 Å². The van der Waals surface area contributed by atoms with E-state index in [4.69, 9.17) is 5.73 Å². The molecule has 0 aliphatic heterocycles. The second kappa shape index (κ2) is 3.92. The predicted octanol–water partition coefficient (Wildman–Crippen LogP) is -0.471. The Morgan fingerprint density at radius 3 is 1.40 bits per heavy atom. The molecule has 0 aliphatic rings. The molecule has 0 amide bonds. The van der Waals surface area contributed by atoms with Crippen molar-refractivity contribution in [3.8, 4) is 0 Å². The van der Waals surface area contributed by atoms with Gasteiger partial charge in [-0.1, -0.05) is 13.8 Å². The maximum Gasteiger partial charge on any atom is -0.00179 e. The molecule has 5 heavy (non-hydrogen) atoms. The molecule has 0 bridgehead atoms. The van der Waals surface area contributed by atoms with Gasteiger partial charge in [-0.25, -0.2) is 0 Å². The number of hydrogen-bond acceptors (Lipinski definition) is 1. The molecule has 0 saturated heterocycles. The molecule has 0 rings (SSSR count). The monoisotopic (exact) mass is 77.1 g/mol. The first-order valence-corrected chi connectivity index (χ1v) is 1.49. The molecule has 0 fully saturated rings. The summed E-state index contributed by atoms with van der Waals surface area (Å²) in [5.41, 5.74) is 5.11. The summed E-state index contributed by atoms with van der Waals surface area (Å²) in [6, 6.07) is 0.333. The average molecular weight is 77.1 g/mol.